The van der Waals surface area contributed by atoms with Crippen LogP contribution in [-0.4, -0.2) is 51.4 Å². The number of amides is 2. The first-order valence-electron chi connectivity index (χ1n) is 5.99. The first-order valence-corrected chi connectivity index (χ1v) is 7.88. The Morgan fingerprint density at radius 3 is 2.11 bits per heavy atom. The zero-order valence-corrected chi connectivity index (χ0v) is 11.8. The Bertz CT molecular complexity index is 383. The molecule has 2 amide bonds. The van der Waals surface area contributed by atoms with Crippen molar-refractivity contribution in [3.8, 4) is 0 Å². The van der Waals surface area contributed by atoms with Gasteiger partial charge in [0.15, 0.2) is 0 Å². The molecule has 0 radical (unpaired) electrons. The van der Waals surface area contributed by atoms with E-state index in [-0.39, 0.29) is 19.0 Å². The van der Waals surface area contributed by atoms with Crippen molar-refractivity contribution in [1.29, 1.82) is 0 Å². The molecule has 8 nitrogen and oxygen atoms in total. The number of hydrogen-bond donors (Lipinski definition) is 4. The highest BCUT2D eigenvalue weighted by atomic mass is 32.2. The van der Waals surface area contributed by atoms with Crippen molar-refractivity contribution in [3.05, 3.63) is 0 Å². The molecule has 0 fully saturated rings. The molecule has 0 rings (SSSR count). The standard InChI is InChI=1S/C10H21N3O5S/c1-19(17,18)13-8-4-7-12-10(16)11-6-3-2-5-9(14)15/h13H,2-8H2,1H3,(H,14,15)(H2,11,12,16). The van der Waals surface area contributed by atoms with Gasteiger partial charge in [-0.15, -0.1) is 0 Å². The second-order valence-corrected chi connectivity index (χ2v) is 5.89. The lowest BCUT2D eigenvalue weighted by molar-refractivity contribution is -0.137. The molecule has 0 saturated heterocycles. The number of carboxylic acids is 1. The van der Waals surface area contributed by atoms with Gasteiger partial charge < -0.3 is 15.7 Å². The van der Waals surface area contributed by atoms with Crippen LogP contribution in [0.1, 0.15) is 25.7 Å². The Balaban J connectivity index is 3.38. The van der Waals surface area contributed by atoms with E-state index in [1.807, 2.05) is 0 Å². The predicted octanol–water partition coefficient (Wildman–Crippen LogP) is -0.520. The maximum absolute atomic E-state index is 11.2. The number of aliphatic carboxylic acids is 1. The molecule has 0 bridgehead atoms. The lowest BCUT2D eigenvalue weighted by Crippen LogP contribution is -2.37. The molecular weight excluding hydrogens is 274 g/mol. The van der Waals surface area contributed by atoms with E-state index in [2.05, 4.69) is 15.4 Å². The maximum Gasteiger partial charge on any atom is 0.314 e. The number of carbonyl (C=O) groups is 2. The molecule has 4 N–H and O–H groups in total. The van der Waals surface area contributed by atoms with Gasteiger partial charge in [0.25, 0.3) is 0 Å². The van der Waals surface area contributed by atoms with Gasteiger partial charge in [-0.3, -0.25) is 4.79 Å². The van der Waals surface area contributed by atoms with E-state index in [4.69, 9.17) is 5.11 Å². The summed E-state index contributed by atoms with van der Waals surface area (Å²) in [6, 6.07) is -0.338. The van der Waals surface area contributed by atoms with Crippen molar-refractivity contribution in [1.82, 2.24) is 15.4 Å². The molecule has 0 aromatic carbocycles. The van der Waals surface area contributed by atoms with Crippen molar-refractivity contribution in [2.75, 3.05) is 25.9 Å². The fourth-order valence-corrected chi connectivity index (χ4v) is 1.73. The summed E-state index contributed by atoms with van der Waals surface area (Å²) in [5, 5.41) is 13.5. The highest BCUT2D eigenvalue weighted by Crippen LogP contribution is 1.93. The summed E-state index contributed by atoms with van der Waals surface area (Å²) in [7, 11) is -3.18. The van der Waals surface area contributed by atoms with Crippen LogP contribution in [0.4, 0.5) is 4.79 Å². The van der Waals surface area contributed by atoms with Gasteiger partial charge in [0, 0.05) is 26.1 Å². The number of sulfonamides is 1. The van der Waals surface area contributed by atoms with E-state index >= 15 is 0 Å². The maximum atomic E-state index is 11.2. The highest BCUT2D eigenvalue weighted by molar-refractivity contribution is 7.88. The van der Waals surface area contributed by atoms with Crippen LogP contribution >= 0.6 is 0 Å². The summed E-state index contributed by atoms with van der Waals surface area (Å²) in [6.45, 7) is 1.06. The number of urea groups is 1. The third kappa shape index (κ3) is 14.6. The van der Waals surface area contributed by atoms with Crippen LogP contribution in [0.3, 0.4) is 0 Å². The molecule has 0 unspecified atom stereocenters. The normalized spacial score (nSPS) is 11.0. The van der Waals surface area contributed by atoms with Crippen molar-refractivity contribution in [2.24, 2.45) is 0 Å². The molecular formula is C10H21N3O5S. The molecule has 0 aliphatic heterocycles. The summed E-state index contributed by atoms with van der Waals surface area (Å²) >= 11 is 0. The number of rotatable bonds is 10. The van der Waals surface area contributed by atoms with E-state index in [1.165, 1.54) is 0 Å². The fraction of sp³-hybridized carbons (Fsp3) is 0.800. The summed E-state index contributed by atoms with van der Waals surface area (Å²) in [6.07, 6.45) is 2.80. The average Bonchev–Trinajstić information content (AvgIpc) is 2.26. The first kappa shape index (κ1) is 17.6. The number of carbonyl (C=O) groups excluding carboxylic acids is 1. The van der Waals surface area contributed by atoms with Crippen molar-refractivity contribution < 1.29 is 23.1 Å². The van der Waals surface area contributed by atoms with Crippen molar-refractivity contribution in [3.63, 3.8) is 0 Å². The van der Waals surface area contributed by atoms with Gasteiger partial charge in [-0.05, 0) is 19.3 Å². The van der Waals surface area contributed by atoms with E-state index in [0.29, 0.717) is 32.4 Å². The van der Waals surface area contributed by atoms with Gasteiger partial charge in [0.05, 0.1) is 6.26 Å². The van der Waals surface area contributed by atoms with Crippen LogP contribution in [-0.2, 0) is 14.8 Å². The molecule has 0 aromatic rings. The molecule has 0 aliphatic rings. The predicted molar refractivity (Wildman–Crippen MR) is 70.4 cm³/mol. The van der Waals surface area contributed by atoms with Gasteiger partial charge in [-0.25, -0.2) is 17.9 Å². The zero-order chi connectivity index (χ0) is 14.7. The van der Waals surface area contributed by atoms with Crippen LogP contribution in [0.5, 0.6) is 0 Å². The van der Waals surface area contributed by atoms with Crippen molar-refractivity contribution >= 4 is 22.0 Å². The summed E-state index contributed by atoms with van der Waals surface area (Å²) < 4.78 is 23.8. The van der Waals surface area contributed by atoms with Crippen molar-refractivity contribution in [2.45, 2.75) is 25.7 Å². The summed E-state index contributed by atoms with van der Waals surface area (Å²) in [5.41, 5.74) is 0. The number of unbranched alkanes of at least 4 members (excludes halogenated alkanes) is 1. The highest BCUT2D eigenvalue weighted by Gasteiger charge is 2.01. The van der Waals surface area contributed by atoms with Crippen LogP contribution in [0.15, 0.2) is 0 Å². The van der Waals surface area contributed by atoms with Gasteiger partial charge >= 0.3 is 12.0 Å². The summed E-state index contributed by atoms with van der Waals surface area (Å²) in [4.78, 5) is 21.4. The van der Waals surface area contributed by atoms with E-state index in [0.717, 1.165) is 6.26 Å². The third-order valence-electron chi connectivity index (χ3n) is 2.11. The fourth-order valence-electron chi connectivity index (χ4n) is 1.21. The Morgan fingerprint density at radius 2 is 1.58 bits per heavy atom. The largest absolute Gasteiger partial charge is 0.481 e. The Hall–Kier alpha value is -1.35. The molecule has 0 atom stereocenters. The van der Waals surface area contributed by atoms with E-state index in [9.17, 15) is 18.0 Å². The molecule has 0 spiro atoms. The minimum Gasteiger partial charge on any atom is -0.481 e. The molecule has 0 aromatic heterocycles. The van der Waals surface area contributed by atoms with Gasteiger partial charge in [-0.2, -0.15) is 0 Å². The smallest absolute Gasteiger partial charge is 0.314 e. The van der Waals surface area contributed by atoms with Gasteiger partial charge in [0.1, 0.15) is 0 Å². The third-order valence-corrected chi connectivity index (χ3v) is 2.83. The lowest BCUT2D eigenvalue weighted by Gasteiger charge is -2.07. The first-order chi connectivity index (χ1) is 8.81. The quantitative estimate of drug-likeness (QED) is 0.404. The van der Waals surface area contributed by atoms with Crippen LogP contribution < -0.4 is 15.4 Å². The van der Waals surface area contributed by atoms with E-state index in [1.54, 1.807) is 0 Å². The molecule has 0 heterocycles. The number of nitrogens with one attached hydrogen (secondary N) is 3. The second-order valence-electron chi connectivity index (χ2n) is 4.05. The number of hydrogen-bond acceptors (Lipinski definition) is 4. The minimum atomic E-state index is -3.18. The SMILES string of the molecule is CS(=O)(=O)NCCCNC(=O)NCCCCC(=O)O. The molecule has 0 aliphatic carbocycles. The molecule has 19 heavy (non-hydrogen) atoms. The molecule has 112 valence electrons. The topological polar surface area (TPSA) is 125 Å². The van der Waals surface area contributed by atoms with Gasteiger partial charge in [-0.1, -0.05) is 0 Å². The second kappa shape index (κ2) is 9.56. The monoisotopic (exact) mass is 295 g/mol. The molecule has 0 saturated carbocycles. The average molecular weight is 295 g/mol. The lowest BCUT2D eigenvalue weighted by atomic mass is 10.2. The number of carboxylic acid groups (broad SMARTS) is 1. The minimum absolute atomic E-state index is 0.0977. The Kier molecular flexibility index (Phi) is 8.88. The Morgan fingerprint density at radius 1 is 1.00 bits per heavy atom. The summed E-state index contributed by atoms with van der Waals surface area (Å²) in [5.74, 6) is -0.845. The van der Waals surface area contributed by atoms with Crippen LogP contribution in [0, 0.1) is 0 Å². The Labute approximate surface area is 113 Å². The molecule has 9 heteroatoms. The van der Waals surface area contributed by atoms with Gasteiger partial charge in [0.2, 0.25) is 10.0 Å². The zero-order valence-electron chi connectivity index (χ0n) is 10.9. The van der Waals surface area contributed by atoms with Crippen LogP contribution in [0.2, 0.25) is 0 Å². The van der Waals surface area contributed by atoms with E-state index < -0.39 is 16.0 Å². The van der Waals surface area contributed by atoms with Crippen LogP contribution in [0.25, 0.3) is 0 Å².